The summed E-state index contributed by atoms with van der Waals surface area (Å²) in [5.41, 5.74) is 5.46. The first kappa shape index (κ1) is 16.9. The fraction of sp³-hybridized carbons (Fsp3) is 0.643. The fourth-order valence-electron chi connectivity index (χ4n) is 1.91. The number of nitrogens with one attached hydrogen (secondary N) is 1. The molecule has 0 atom stereocenters. The van der Waals surface area contributed by atoms with Crippen molar-refractivity contribution in [2.75, 3.05) is 12.3 Å². The second-order valence-electron chi connectivity index (χ2n) is 5.86. The summed E-state index contributed by atoms with van der Waals surface area (Å²) in [6, 6.07) is 2.81. The number of rotatable bonds is 8. The summed E-state index contributed by atoms with van der Waals surface area (Å²) in [5, 5.41) is 0. The van der Waals surface area contributed by atoms with Gasteiger partial charge < -0.3 is 5.73 Å². The second-order valence-corrected chi connectivity index (χ2v) is 7.63. The highest BCUT2D eigenvalue weighted by atomic mass is 32.2. The molecule has 0 aliphatic rings. The van der Waals surface area contributed by atoms with E-state index in [0.29, 0.717) is 6.54 Å². The number of anilines is 1. The Morgan fingerprint density at radius 2 is 2.05 bits per heavy atom. The van der Waals surface area contributed by atoms with Crippen LogP contribution in [0.2, 0.25) is 0 Å². The monoisotopic (exact) mass is 299 g/mol. The minimum atomic E-state index is -3.52. The number of nitrogen functional groups attached to an aromatic ring is 1. The smallest absolute Gasteiger partial charge is 0.240 e. The maximum absolute atomic E-state index is 12.2. The molecule has 0 aliphatic heterocycles. The predicted octanol–water partition coefficient (Wildman–Crippen LogP) is 2.55. The predicted molar refractivity (Wildman–Crippen MR) is 81.8 cm³/mol. The lowest BCUT2D eigenvalue weighted by atomic mass is 9.87. The lowest BCUT2D eigenvalue weighted by molar-refractivity contribution is 0.320. The van der Waals surface area contributed by atoms with Gasteiger partial charge in [0.25, 0.3) is 0 Å². The van der Waals surface area contributed by atoms with Crippen LogP contribution in [-0.4, -0.2) is 19.9 Å². The van der Waals surface area contributed by atoms with Crippen molar-refractivity contribution in [3.8, 4) is 0 Å². The van der Waals surface area contributed by atoms with Gasteiger partial charge in [0.2, 0.25) is 10.0 Å². The highest BCUT2D eigenvalue weighted by Crippen LogP contribution is 2.23. The van der Waals surface area contributed by atoms with Crippen LogP contribution in [0.1, 0.15) is 46.5 Å². The van der Waals surface area contributed by atoms with Crippen molar-refractivity contribution in [1.82, 2.24) is 9.71 Å². The molecule has 5 nitrogen and oxygen atoms in total. The summed E-state index contributed by atoms with van der Waals surface area (Å²) in [6.07, 6.45) is 5.86. The molecular weight excluding hydrogens is 274 g/mol. The SMILES string of the molecule is CCCCCC(C)(C)CNS(=O)(=O)c1ccnc(N)c1. The number of sulfonamides is 1. The van der Waals surface area contributed by atoms with Crippen LogP contribution in [0.15, 0.2) is 23.2 Å². The summed E-state index contributed by atoms with van der Waals surface area (Å²) in [4.78, 5) is 3.96. The number of nitrogens with zero attached hydrogens (tertiary/aromatic N) is 1. The quantitative estimate of drug-likeness (QED) is 0.722. The Morgan fingerprint density at radius 1 is 1.35 bits per heavy atom. The average Bonchev–Trinajstić information content (AvgIpc) is 2.37. The standard InChI is InChI=1S/C14H25N3O2S/c1-4-5-6-8-14(2,3)11-17-20(18,19)12-7-9-16-13(15)10-12/h7,9-10,17H,4-6,8,11H2,1-3H3,(H2,15,16). The molecule has 0 saturated carbocycles. The van der Waals surface area contributed by atoms with E-state index in [1.807, 2.05) is 0 Å². The van der Waals surface area contributed by atoms with Gasteiger partial charge in [0, 0.05) is 18.8 Å². The maximum Gasteiger partial charge on any atom is 0.240 e. The molecule has 6 heteroatoms. The molecular formula is C14H25N3O2S. The molecule has 0 radical (unpaired) electrons. The summed E-state index contributed by atoms with van der Waals surface area (Å²) < 4.78 is 27.0. The van der Waals surface area contributed by atoms with Crippen LogP contribution in [0.25, 0.3) is 0 Å². The molecule has 0 unspecified atom stereocenters. The van der Waals surface area contributed by atoms with Crippen LogP contribution in [0.5, 0.6) is 0 Å². The summed E-state index contributed by atoms with van der Waals surface area (Å²) >= 11 is 0. The molecule has 0 fully saturated rings. The van der Waals surface area contributed by atoms with Gasteiger partial charge in [-0.3, -0.25) is 0 Å². The van der Waals surface area contributed by atoms with Crippen molar-refractivity contribution in [3.05, 3.63) is 18.3 Å². The van der Waals surface area contributed by atoms with Crippen LogP contribution in [0, 0.1) is 5.41 Å². The van der Waals surface area contributed by atoms with Crippen molar-refractivity contribution < 1.29 is 8.42 Å². The van der Waals surface area contributed by atoms with E-state index >= 15 is 0 Å². The van der Waals surface area contributed by atoms with E-state index in [-0.39, 0.29) is 16.1 Å². The molecule has 1 rings (SSSR count). The van der Waals surface area contributed by atoms with E-state index in [4.69, 9.17) is 5.73 Å². The Bertz CT molecular complexity index is 527. The van der Waals surface area contributed by atoms with E-state index in [1.54, 1.807) is 0 Å². The van der Waals surface area contributed by atoms with Crippen molar-refractivity contribution in [2.45, 2.75) is 51.3 Å². The first-order valence-electron chi connectivity index (χ1n) is 6.98. The topological polar surface area (TPSA) is 85.1 Å². The number of nitrogens with two attached hydrogens (primary N) is 1. The third-order valence-corrected chi connectivity index (χ3v) is 4.66. The highest BCUT2D eigenvalue weighted by molar-refractivity contribution is 7.89. The van der Waals surface area contributed by atoms with Crippen LogP contribution >= 0.6 is 0 Å². The van der Waals surface area contributed by atoms with Crippen LogP contribution in [0.3, 0.4) is 0 Å². The molecule has 0 saturated heterocycles. The zero-order valence-electron chi connectivity index (χ0n) is 12.5. The van der Waals surface area contributed by atoms with Gasteiger partial charge in [-0.2, -0.15) is 0 Å². The van der Waals surface area contributed by atoms with Gasteiger partial charge in [0.05, 0.1) is 4.90 Å². The second kappa shape index (κ2) is 7.04. The largest absolute Gasteiger partial charge is 0.384 e. The zero-order valence-corrected chi connectivity index (χ0v) is 13.3. The lowest BCUT2D eigenvalue weighted by Gasteiger charge is -2.24. The van der Waals surface area contributed by atoms with Gasteiger partial charge in [-0.1, -0.05) is 40.0 Å². The van der Waals surface area contributed by atoms with Crippen LogP contribution in [-0.2, 0) is 10.0 Å². The zero-order chi connectivity index (χ0) is 15.2. The molecule has 0 spiro atoms. The van der Waals surface area contributed by atoms with Gasteiger partial charge in [0.1, 0.15) is 5.82 Å². The van der Waals surface area contributed by atoms with Gasteiger partial charge in [0.15, 0.2) is 0 Å². The van der Waals surface area contributed by atoms with Crippen molar-refractivity contribution in [1.29, 1.82) is 0 Å². The van der Waals surface area contributed by atoms with E-state index < -0.39 is 10.0 Å². The minimum Gasteiger partial charge on any atom is -0.384 e. The summed E-state index contributed by atoms with van der Waals surface area (Å²) in [6.45, 7) is 6.73. The summed E-state index contributed by atoms with van der Waals surface area (Å²) in [7, 11) is -3.52. The Hall–Kier alpha value is -1.14. The van der Waals surface area contributed by atoms with E-state index in [2.05, 4.69) is 30.5 Å². The molecule has 0 aromatic carbocycles. The lowest BCUT2D eigenvalue weighted by Crippen LogP contribution is -2.34. The summed E-state index contributed by atoms with van der Waals surface area (Å²) in [5.74, 6) is 0.204. The maximum atomic E-state index is 12.2. The van der Waals surface area contributed by atoms with Crippen molar-refractivity contribution in [2.24, 2.45) is 5.41 Å². The minimum absolute atomic E-state index is 0.0547. The number of hydrogen-bond donors (Lipinski definition) is 2. The van der Waals surface area contributed by atoms with E-state index in [0.717, 1.165) is 19.3 Å². The molecule has 1 aromatic rings. The first-order chi connectivity index (χ1) is 9.27. The molecule has 0 bridgehead atoms. The van der Waals surface area contributed by atoms with E-state index in [9.17, 15) is 8.42 Å². The molecule has 114 valence electrons. The van der Waals surface area contributed by atoms with Crippen LogP contribution in [0.4, 0.5) is 5.82 Å². The molecule has 20 heavy (non-hydrogen) atoms. The molecule has 0 amide bonds. The van der Waals surface area contributed by atoms with Crippen molar-refractivity contribution in [3.63, 3.8) is 0 Å². The number of unbranched alkanes of at least 4 members (excludes halogenated alkanes) is 2. The molecule has 3 N–H and O–H groups in total. The number of pyridine rings is 1. The Kier molecular flexibility index (Phi) is 5.95. The Labute approximate surface area is 122 Å². The number of hydrogen-bond acceptors (Lipinski definition) is 4. The third-order valence-electron chi connectivity index (χ3n) is 3.26. The van der Waals surface area contributed by atoms with Crippen molar-refractivity contribution >= 4 is 15.8 Å². The average molecular weight is 299 g/mol. The van der Waals surface area contributed by atoms with Gasteiger partial charge in [-0.25, -0.2) is 18.1 Å². The first-order valence-corrected chi connectivity index (χ1v) is 8.46. The molecule has 1 heterocycles. The fourth-order valence-corrected chi connectivity index (χ4v) is 3.17. The number of aromatic nitrogens is 1. The van der Waals surface area contributed by atoms with Gasteiger partial charge in [-0.15, -0.1) is 0 Å². The Morgan fingerprint density at radius 3 is 2.65 bits per heavy atom. The normalized spacial score (nSPS) is 12.6. The van der Waals surface area contributed by atoms with E-state index in [1.165, 1.54) is 24.8 Å². The molecule has 0 aliphatic carbocycles. The van der Waals surface area contributed by atoms with Gasteiger partial charge >= 0.3 is 0 Å². The van der Waals surface area contributed by atoms with Crippen LogP contribution < -0.4 is 10.5 Å². The Balaban J connectivity index is 2.63. The molecule has 1 aromatic heterocycles. The third kappa shape index (κ3) is 5.46. The highest BCUT2D eigenvalue weighted by Gasteiger charge is 2.22. The van der Waals surface area contributed by atoms with Gasteiger partial charge in [-0.05, 0) is 17.9 Å².